The normalized spacial score (nSPS) is 9.82. The lowest BCUT2D eigenvalue weighted by atomic mass is 10.7. The van der Waals surface area contributed by atoms with E-state index in [0.29, 0.717) is 0 Å². The van der Waals surface area contributed by atoms with Crippen molar-refractivity contribution in [2.45, 2.75) is 6.18 Å². The van der Waals surface area contributed by atoms with Gasteiger partial charge in [0.25, 0.3) is 0 Å². The van der Waals surface area contributed by atoms with Crippen molar-refractivity contribution in [3.63, 3.8) is 0 Å². The van der Waals surface area contributed by atoms with Gasteiger partial charge in [0.2, 0.25) is 0 Å². The van der Waals surface area contributed by atoms with Crippen molar-refractivity contribution in [1.82, 2.24) is 5.43 Å². The molecule has 0 aromatic heterocycles. The van der Waals surface area contributed by atoms with E-state index < -0.39 is 18.9 Å². The first-order valence-electron chi connectivity index (χ1n) is 2.16. The van der Waals surface area contributed by atoms with Crippen LogP contribution in [0.4, 0.5) is 18.0 Å². The van der Waals surface area contributed by atoms with Crippen LogP contribution in [0.25, 0.3) is 0 Å². The van der Waals surface area contributed by atoms with E-state index in [-0.39, 0.29) is 12.4 Å². The van der Waals surface area contributed by atoms with Gasteiger partial charge in [0.15, 0.2) is 6.61 Å². The van der Waals surface area contributed by atoms with E-state index in [4.69, 9.17) is 0 Å². The number of carbonyl (C=O) groups excluding carboxylic acids is 1. The molecule has 0 fully saturated rings. The van der Waals surface area contributed by atoms with E-state index in [9.17, 15) is 18.0 Å². The van der Waals surface area contributed by atoms with Crippen LogP contribution >= 0.6 is 12.4 Å². The summed E-state index contributed by atoms with van der Waals surface area (Å²) in [6, 6.07) is 0. The molecule has 0 unspecified atom stereocenters. The van der Waals surface area contributed by atoms with Gasteiger partial charge in [-0.15, -0.1) is 12.4 Å². The Morgan fingerprint density at radius 3 is 2.27 bits per heavy atom. The van der Waals surface area contributed by atoms with Crippen LogP contribution in [0.3, 0.4) is 0 Å². The summed E-state index contributed by atoms with van der Waals surface area (Å²) in [6.07, 6.45) is -5.82. The molecule has 0 atom stereocenters. The lowest BCUT2D eigenvalue weighted by Crippen LogP contribution is -2.33. The Labute approximate surface area is 66.3 Å². The van der Waals surface area contributed by atoms with Crippen molar-refractivity contribution in [3.8, 4) is 0 Å². The fourth-order valence-corrected chi connectivity index (χ4v) is 0.189. The molecule has 0 saturated carbocycles. The average molecular weight is 195 g/mol. The second kappa shape index (κ2) is 5.03. The molecular weight excluding hydrogens is 188 g/mol. The maximum Gasteiger partial charge on any atom is 0.422 e. The summed E-state index contributed by atoms with van der Waals surface area (Å²) in [6.45, 7) is -1.63. The van der Waals surface area contributed by atoms with Crippen LogP contribution in [0.1, 0.15) is 0 Å². The van der Waals surface area contributed by atoms with Gasteiger partial charge in [-0.2, -0.15) is 13.2 Å². The molecule has 0 rings (SSSR count). The van der Waals surface area contributed by atoms with Crippen molar-refractivity contribution in [2.24, 2.45) is 5.84 Å². The first-order valence-corrected chi connectivity index (χ1v) is 2.16. The van der Waals surface area contributed by atoms with Crippen molar-refractivity contribution < 1.29 is 22.7 Å². The highest BCUT2D eigenvalue weighted by Crippen LogP contribution is 2.13. The molecule has 0 aliphatic carbocycles. The number of alkyl halides is 3. The molecule has 11 heavy (non-hydrogen) atoms. The van der Waals surface area contributed by atoms with E-state index >= 15 is 0 Å². The Bertz CT molecular complexity index is 128. The Kier molecular flexibility index (Phi) is 5.91. The molecule has 8 heteroatoms. The van der Waals surface area contributed by atoms with Crippen LogP contribution in [0.15, 0.2) is 0 Å². The Morgan fingerprint density at radius 1 is 1.55 bits per heavy atom. The van der Waals surface area contributed by atoms with E-state index in [1.807, 2.05) is 0 Å². The Hall–Kier alpha value is -0.690. The summed E-state index contributed by atoms with van der Waals surface area (Å²) in [7, 11) is 0. The number of amides is 1. The number of nitrogens with one attached hydrogen (secondary N) is 1. The zero-order valence-electron chi connectivity index (χ0n) is 5.14. The number of nitrogens with two attached hydrogens (primary N) is 1. The summed E-state index contributed by atoms with van der Waals surface area (Å²) < 4.78 is 37.2. The van der Waals surface area contributed by atoms with E-state index in [1.54, 1.807) is 0 Å². The Balaban J connectivity index is 0. The monoisotopic (exact) mass is 194 g/mol. The van der Waals surface area contributed by atoms with Gasteiger partial charge in [-0.25, -0.2) is 10.6 Å². The molecule has 0 spiro atoms. The predicted octanol–water partition coefficient (Wildman–Crippen LogP) is 0.570. The van der Waals surface area contributed by atoms with E-state index in [1.165, 1.54) is 5.43 Å². The minimum atomic E-state index is -4.51. The van der Waals surface area contributed by atoms with Crippen LogP contribution in [-0.2, 0) is 4.74 Å². The minimum absolute atomic E-state index is 0. The summed E-state index contributed by atoms with van der Waals surface area (Å²) in [5.41, 5.74) is 1.38. The number of hydrogen-bond acceptors (Lipinski definition) is 3. The zero-order valence-corrected chi connectivity index (χ0v) is 5.96. The van der Waals surface area contributed by atoms with Gasteiger partial charge in [0.1, 0.15) is 0 Å². The highest BCUT2D eigenvalue weighted by molar-refractivity contribution is 5.85. The van der Waals surface area contributed by atoms with Gasteiger partial charge in [0, 0.05) is 0 Å². The minimum Gasteiger partial charge on any atom is -0.439 e. The van der Waals surface area contributed by atoms with Crippen LogP contribution in [-0.4, -0.2) is 18.9 Å². The molecule has 0 heterocycles. The van der Waals surface area contributed by atoms with Crippen LogP contribution in [0.2, 0.25) is 0 Å². The lowest BCUT2D eigenvalue weighted by Gasteiger charge is -2.05. The Morgan fingerprint density at radius 2 is 2.00 bits per heavy atom. The smallest absolute Gasteiger partial charge is 0.422 e. The maximum absolute atomic E-state index is 11.2. The first-order chi connectivity index (χ1) is 4.45. The molecule has 0 bridgehead atoms. The van der Waals surface area contributed by atoms with Gasteiger partial charge in [-0.1, -0.05) is 0 Å². The van der Waals surface area contributed by atoms with Gasteiger partial charge in [-0.3, -0.25) is 5.43 Å². The van der Waals surface area contributed by atoms with E-state index in [2.05, 4.69) is 10.6 Å². The molecule has 0 saturated heterocycles. The number of hydrazine groups is 1. The third-order valence-electron chi connectivity index (χ3n) is 0.485. The van der Waals surface area contributed by atoms with Crippen LogP contribution in [0, 0.1) is 0 Å². The van der Waals surface area contributed by atoms with Crippen LogP contribution in [0.5, 0.6) is 0 Å². The highest BCUT2D eigenvalue weighted by atomic mass is 35.5. The predicted molar refractivity (Wildman–Crippen MR) is 32.0 cm³/mol. The maximum atomic E-state index is 11.2. The first kappa shape index (κ1) is 12.9. The van der Waals surface area contributed by atoms with Crippen LogP contribution < -0.4 is 11.3 Å². The summed E-state index contributed by atoms with van der Waals surface area (Å²) in [5, 5.41) is 0. The molecule has 3 N–H and O–H groups in total. The molecule has 4 nitrogen and oxygen atoms in total. The molecule has 0 aromatic rings. The van der Waals surface area contributed by atoms with Gasteiger partial charge in [0.05, 0.1) is 0 Å². The SMILES string of the molecule is Cl.NNC(=O)OCC(F)(F)F. The second-order valence-corrected chi connectivity index (χ2v) is 1.34. The molecule has 68 valence electrons. The average Bonchev–Trinajstić information content (AvgIpc) is 1.81. The van der Waals surface area contributed by atoms with E-state index in [0.717, 1.165) is 0 Å². The number of carbonyl (C=O) groups is 1. The summed E-state index contributed by atoms with van der Waals surface area (Å²) >= 11 is 0. The van der Waals surface area contributed by atoms with Crippen molar-refractivity contribution in [3.05, 3.63) is 0 Å². The number of hydrogen-bond donors (Lipinski definition) is 2. The van der Waals surface area contributed by atoms with Crippen molar-refractivity contribution in [1.29, 1.82) is 0 Å². The number of halogens is 4. The van der Waals surface area contributed by atoms with Crippen molar-refractivity contribution >= 4 is 18.5 Å². The van der Waals surface area contributed by atoms with Gasteiger partial charge >= 0.3 is 12.3 Å². The fourth-order valence-electron chi connectivity index (χ4n) is 0.189. The fraction of sp³-hybridized carbons (Fsp3) is 0.667. The molecular formula is C3H6ClF3N2O2. The number of rotatable bonds is 1. The number of ether oxygens (including phenoxy) is 1. The third kappa shape index (κ3) is 9.31. The lowest BCUT2D eigenvalue weighted by molar-refractivity contribution is -0.160. The summed E-state index contributed by atoms with van der Waals surface area (Å²) in [4.78, 5) is 9.90. The highest BCUT2D eigenvalue weighted by Gasteiger charge is 2.29. The largest absolute Gasteiger partial charge is 0.439 e. The molecule has 0 aliphatic rings. The van der Waals surface area contributed by atoms with Gasteiger partial charge in [-0.05, 0) is 0 Å². The second-order valence-electron chi connectivity index (χ2n) is 1.34. The third-order valence-corrected chi connectivity index (χ3v) is 0.485. The molecule has 0 radical (unpaired) electrons. The van der Waals surface area contributed by atoms with Crippen molar-refractivity contribution in [2.75, 3.05) is 6.61 Å². The molecule has 1 amide bonds. The molecule has 0 aliphatic heterocycles. The summed E-state index contributed by atoms with van der Waals surface area (Å²) in [5.74, 6) is 4.41. The zero-order chi connectivity index (χ0) is 8.20. The molecule has 0 aromatic carbocycles. The standard InChI is InChI=1S/C3H5F3N2O2.ClH/c4-3(5,6)1-10-2(9)8-7;/h1,7H2,(H,8,9);1H. The van der Waals surface area contributed by atoms with Gasteiger partial charge < -0.3 is 4.74 Å². The topological polar surface area (TPSA) is 64.3 Å². The quantitative estimate of drug-likeness (QED) is 0.364.